The number of carbonyl (C=O) groups excluding carboxylic acids is 1. The fraction of sp³-hybridized carbons (Fsp3) is 0.636. The van der Waals surface area contributed by atoms with Crippen molar-refractivity contribution in [2.24, 2.45) is 0 Å². The third-order valence-electron chi connectivity index (χ3n) is 2.26. The second-order valence-electron chi connectivity index (χ2n) is 4.22. The molecule has 0 saturated heterocycles. The zero-order valence-electron chi connectivity index (χ0n) is 11.2. The summed E-state index contributed by atoms with van der Waals surface area (Å²) in [7, 11) is 0. The van der Waals surface area contributed by atoms with E-state index in [1.807, 2.05) is 20.8 Å². The van der Waals surface area contributed by atoms with Crippen LogP contribution in [-0.4, -0.2) is 44.0 Å². The molecule has 7 nitrogen and oxygen atoms in total. The summed E-state index contributed by atoms with van der Waals surface area (Å²) in [6, 6.07) is 0. The summed E-state index contributed by atoms with van der Waals surface area (Å²) in [4.78, 5) is 22.3. The van der Waals surface area contributed by atoms with Gasteiger partial charge in [-0.2, -0.15) is 0 Å². The Bertz CT molecular complexity index is 459. The molecule has 0 aliphatic heterocycles. The number of rotatable bonds is 7. The van der Waals surface area contributed by atoms with Crippen molar-refractivity contribution in [3.8, 4) is 0 Å². The molecule has 19 heavy (non-hydrogen) atoms. The van der Waals surface area contributed by atoms with E-state index in [-0.39, 0.29) is 24.1 Å². The first kappa shape index (κ1) is 15.5. The Morgan fingerprint density at radius 1 is 1.42 bits per heavy atom. The largest absolute Gasteiger partial charge is 0.481 e. The van der Waals surface area contributed by atoms with Crippen molar-refractivity contribution in [1.82, 2.24) is 20.1 Å². The number of hydrogen-bond acceptors (Lipinski definition) is 5. The van der Waals surface area contributed by atoms with E-state index in [1.54, 1.807) is 4.57 Å². The molecule has 1 amide bonds. The molecule has 0 bridgehead atoms. The van der Waals surface area contributed by atoms with E-state index in [4.69, 9.17) is 5.11 Å². The zero-order chi connectivity index (χ0) is 14.4. The van der Waals surface area contributed by atoms with Crippen LogP contribution in [0, 0.1) is 0 Å². The summed E-state index contributed by atoms with van der Waals surface area (Å²) < 4.78 is 1.67. The summed E-state index contributed by atoms with van der Waals surface area (Å²) in [5, 5.41) is 19.8. The van der Waals surface area contributed by atoms with Crippen LogP contribution < -0.4 is 5.32 Å². The van der Waals surface area contributed by atoms with Crippen LogP contribution in [0.3, 0.4) is 0 Å². The van der Waals surface area contributed by atoms with Crippen LogP contribution in [0.25, 0.3) is 0 Å². The fourth-order valence-electron chi connectivity index (χ4n) is 1.51. The number of nitrogens with one attached hydrogen (secondary N) is 1. The lowest BCUT2D eigenvalue weighted by Crippen LogP contribution is -2.28. The number of hydrogen-bond donors (Lipinski definition) is 2. The first-order valence-corrected chi connectivity index (χ1v) is 6.98. The Hall–Kier alpha value is -1.57. The van der Waals surface area contributed by atoms with Gasteiger partial charge in [-0.1, -0.05) is 25.6 Å². The van der Waals surface area contributed by atoms with Gasteiger partial charge in [0.1, 0.15) is 12.4 Å². The zero-order valence-corrected chi connectivity index (χ0v) is 12.0. The van der Waals surface area contributed by atoms with Crippen LogP contribution in [-0.2, 0) is 16.1 Å². The van der Waals surface area contributed by atoms with Crippen LogP contribution in [0.1, 0.15) is 32.5 Å². The summed E-state index contributed by atoms with van der Waals surface area (Å²) in [6.45, 7) is 6.40. The lowest BCUT2D eigenvalue weighted by atomic mass is 10.2. The van der Waals surface area contributed by atoms with Crippen LogP contribution >= 0.6 is 11.8 Å². The smallest absolute Gasteiger partial charge is 0.313 e. The average molecular weight is 286 g/mol. The number of amides is 1. The lowest BCUT2D eigenvalue weighted by Gasteiger charge is -2.11. The minimum atomic E-state index is -0.927. The minimum Gasteiger partial charge on any atom is -0.481 e. The van der Waals surface area contributed by atoms with E-state index < -0.39 is 5.97 Å². The van der Waals surface area contributed by atoms with Gasteiger partial charge < -0.3 is 10.4 Å². The van der Waals surface area contributed by atoms with E-state index in [0.29, 0.717) is 17.5 Å². The summed E-state index contributed by atoms with van der Waals surface area (Å²) in [5.74, 6) is -0.378. The van der Waals surface area contributed by atoms with Gasteiger partial charge in [0.15, 0.2) is 5.16 Å². The molecule has 0 aromatic carbocycles. The van der Waals surface area contributed by atoms with Crippen LogP contribution in [0.5, 0.6) is 0 Å². The van der Waals surface area contributed by atoms with Crippen molar-refractivity contribution in [1.29, 1.82) is 0 Å². The molecule has 0 unspecified atom stereocenters. The maximum absolute atomic E-state index is 11.7. The first-order valence-electron chi connectivity index (χ1n) is 6.00. The summed E-state index contributed by atoms with van der Waals surface area (Å²) in [6.07, 6.45) is 0. The number of likely N-dealkylation sites (N-methyl/N-ethyl adjacent to an activating group) is 1. The minimum absolute atomic E-state index is 0.106. The van der Waals surface area contributed by atoms with Crippen LogP contribution in [0.2, 0.25) is 0 Å². The average Bonchev–Trinajstić information content (AvgIpc) is 2.69. The highest BCUT2D eigenvalue weighted by Crippen LogP contribution is 2.21. The van der Waals surface area contributed by atoms with E-state index in [2.05, 4.69) is 15.5 Å². The number of carboxylic acids is 1. The lowest BCUT2D eigenvalue weighted by molar-refractivity contribution is -0.133. The standard InChI is InChI=1S/C11H18N4O3S/c1-4-12-8(16)5-15-10(7(2)3)13-14-11(15)19-6-9(17)18/h7H,4-6H2,1-3H3,(H,12,16)(H,17,18). The van der Waals surface area contributed by atoms with Crippen molar-refractivity contribution in [2.45, 2.75) is 38.4 Å². The number of aliphatic carboxylic acids is 1. The molecular formula is C11H18N4O3S. The molecule has 2 N–H and O–H groups in total. The maximum Gasteiger partial charge on any atom is 0.313 e. The summed E-state index contributed by atoms with van der Waals surface area (Å²) >= 11 is 1.06. The van der Waals surface area contributed by atoms with Gasteiger partial charge in [-0.05, 0) is 6.92 Å². The SMILES string of the molecule is CCNC(=O)Cn1c(SCC(=O)O)nnc1C(C)C. The molecule has 0 radical (unpaired) electrons. The van der Waals surface area contributed by atoms with E-state index in [0.717, 1.165) is 11.8 Å². The van der Waals surface area contributed by atoms with Crippen molar-refractivity contribution in [3.05, 3.63) is 5.82 Å². The monoisotopic (exact) mass is 286 g/mol. The first-order chi connectivity index (χ1) is 8.95. The fourth-order valence-corrected chi connectivity index (χ4v) is 2.17. The van der Waals surface area contributed by atoms with Gasteiger partial charge in [-0.15, -0.1) is 10.2 Å². The molecule has 0 fully saturated rings. The predicted molar refractivity (Wildman–Crippen MR) is 71.2 cm³/mol. The van der Waals surface area contributed by atoms with Crippen molar-refractivity contribution >= 4 is 23.6 Å². The number of carboxylic acid groups (broad SMARTS) is 1. The normalized spacial score (nSPS) is 10.7. The van der Waals surface area contributed by atoms with E-state index >= 15 is 0 Å². The van der Waals surface area contributed by atoms with Gasteiger partial charge in [-0.25, -0.2) is 0 Å². The molecule has 0 saturated carbocycles. The van der Waals surface area contributed by atoms with Gasteiger partial charge in [0.2, 0.25) is 5.91 Å². The second kappa shape index (κ2) is 7.13. The molecule has 8 heteroatoms. The quantitative estimate of drug-likeness (QED) is 0.717. The molecule has 0 aliphatic rings. The van der Waals surface area contributed by atoms with Gasteiger partial charge >= 0.3 is 5.97 Å². The van der Waals surface area contributed by atoms with E-state index in [9.17, 15) is 9.59 Å². The Balaban J connectivity index is 2.91. The highest BCUT2D eigenvalue weighted by molar-refractivity contribution is 7.99. The molecule has 0 aliphatic carbocycles. The molecule has 0 spiro atoms. The van der Waals surface area contributed by atoms with Crippen molar-refractivity contribution in [3.63, 3.8) is 0 Å². The highest BCUT2D eigenvalue weighted by atomic mass is 32.2. The Labute approximate surface area is 115 Å². The Morgan fingerprint density at radius 2 is 2.11 bits per heavy atom. The van der Waals surface area contributed by atoms with Crippen molar-refractivity contribution < 1.29 is 14.7 Å². The van der Waals surface area contributed by atoms with Crippen molar-refractivity contribution in [2.75, 3.05) is 12.3 Å². The van der Waals surface area contributed by atoms with E-state index in [1.165, 1.54) is 0 Å². The number of thioether (sulfide) groups is 1. The third kappa shape index (κ3) is 4.55. The second-order valence-corrected chi connectivity index (χ2v) is 5.16. The topological polar surface area (TPSA) is 97.1 Å². The highest BCUT2D eigenvalue weighted by Gasteiger charge is 2.18. The Kier molecular flexibility index (Phi) is 5.81. The Morgan fingerprint density at radius 3 is 2.63 bits per heavy atom. The molecule has 1 rings (SSSR count). The van der Waals surface area contributed by atoms with Gasteiger partial charge in [0.25, 0.3) is 0 Å². The molecular weight excluding hydrogens is 268 g/mol. The van der Waals surface area contributed by atoms with Gasteiger partial charge in [0.05, 0.1) is 5.75 Å². The summed E-state index contributed by atoms with van der Waals surface area (Å²) in [5.41, 5.74) is 0. The predicted octanol–water partition coefficient (Wildman–Crippen LogP) is 0.714. The van der Waals surface area contributed by atoms with Gasteiger partial charge in [0, 0.05) is 12.5 Å². The third-order valence-corrected chi connectivity index (χ3v) is 3.21. The molecule has 106 valence electrons. The maximum atomic E-state index is 11.7. The number of aromatic nitrogens is 3. The number of carbonyl (C=O) groups is 2. The molecule has 1 heterocycles. The van der Waals surface area contributed by atoms with Crippen LogP contribution in [0.4, 0.5) is 0 Å². The molecule has 1 aromatic heterocycles. The number of nitrogens with zero attached hydrogens (tertiary/aromatic N) is 3. The van der Waals surface area contributed by atoms with Crippen LogP contribution in [0.15, 0.2) is 5.16 Å². The molecule has 0 atom stereocenters. The van der Waals surface area contributed by atoms with Gasteiger partial charge in [-0.3, -0.25) is 14.2 Å². The molecule has 1 aromatic rings.